The minimum atomic E-state index is -0.0505. The van der Waals surface area contributed by atoms with Crippen molar-refractivity contribution in [2.75, 3.05) is 6.54 Å². The molecule has 2 aromatic carbocycles. The molecule has 4 heteroatoms. The SMILES string of the molecule is CCCCN1Cc2cc(O)ccc2[C@H]2c3cc(O)c(O)cc3CC[C@@H]21. The maximum absolute atomic E-state index is 10.1. The molecule has 0 radical (unpaired) electrons. The van der Waals surface area contributed by atoms with Crippen molar-refractivity contribution in [1.82, 2.24) is 4.90 Å². The standard InChI is InChI=1S/C21H25NO3/c1-2-3-8-22-12-14-9-15(23)5-6-16(14)21-17-11-20(25)19(24)10-13(17)4-7-18(21)22/h5-6,9-11,18,21,23-25H,2-4,7-8,12H2,1H3/t18-,21-/m0/s1. The number of phenolic OH excluding ortho intramolecular Hbond substituents is 3. The number of hydrogen-bond donors (Lipinski definition) is 3. The first-order valence-corrected chi connectivity index (χ1v) is 9.19. The van der Waals surface area contributed by atoms with Gasteiger partial charge in [0.15, 0.2) is 11.5 Å². The van der Waals surface area contributed by atoms with Crippen LogP contribution >= 0.6 is 0 Å². The van der Waals surface area contributed by atoms with Crippen LogP contribution in [-0.2, 0) is 13.0 Å². The Hall–Kier alpha value is -2.20. The summed E-state index contributed by atoms with van der Waals surface area (Å²) in [7, 11) is 0. The second-order valence-corrected chi connectivity index (χ2v) is 7.33. The van der Waals surface area contributed by atoms with Crippen molar-refractivity contribution in [3.05, 3.63) is 52.6 Å². The van der Waals surface area contributed by atoms with Crippen LogP contribution in [0.5, 0.6) is 17.2 Å². The zero-order chi connectivity index (χ0) is 17.6. The molecule has 0 saturated heterocycles. The number of benzene rings is 2. The zero-order valence-corrected chi connectivity index (χ0v) is 14.6. The summed E-state index contributed by atoms with van der Waals surface area (Å²) in [5.41, 5.74) is 4.63. The van der Waals surface area contributed by atoms with Crippen LogP contribution in [0.15, 0.2) is 30.3 Å². The summed E-state index contributed by atoms with van der Waals surface area (Å²) >= 11 is 0. The molecule has 132 valence electrons. The number of rotatable bonds is 3. The van der Waals surface area contributed by atoms with Crippen molar-refractivity contribution in [3.8, 4) is 17.2 Å². The minimum absolute atomic E-state index is 0.0400. The van der Waals surface area contributed by atoms with Crippen LogP contribution in [0.2, 0.25) is 0 Å². The maximum Gasteiger partial charge on any atom is 0.157 e. The maximum atomic E-state index is 10.1. The molecule has 0 aromatic heterocycles. The number of unbranched alkanes of at least 4 members (excludes halogenated alkanes) is 1. The van der Waals surface area contributed by atoms with E-state index in [1.807, 2.05) is 12.1 Å². The van der Waals surface area contributed by atoms with Crippen molar-refractivity contribution < 1.29 is 15.3 Å². The van der Waals surface area contributed by atoms with Gasteiger partial charge in [-0.2, -0.15) is 0 Å². The third-order valence-electron chi connectivity index (χ3n) is 5.77. The van der Waals surface area contributed by atoms with Crippen LogP contribution < -0.4 is 0 Å². The topological polar surface area (TPSA) is 63.9 Å². The summed E-state index contributed by atoms with van der Waals surface area (Å²) in [6, 6.07) is 9.51. The van der Waals surface area contributed by atoms with Gasteiger partial charge in [0.25, 0.3) is 0 Å². The summed E-state index contributed by atoms with van der Waals surface area (Å²) in [5, 5.41) is 29.9. The Bertz CT molecular complexity index is 802. The average molecular weight is 339 g/mol. The first-order chi connectivity index (χ1) is 12.1. The third kappa shape index (κ3) is 2.74. The number of aromatic hydroxyl groups is 3. The van der Waals surface area contributed by atoms with Crippen molar-refractivity contribution >= 4 is 0 Å². The van der Waals surface area contributed by atoms with Gasteiger partial charge in [-0.05, 0) is 72.3 Å². The summed E-state index contributed by atoms with van der Waals surface area (Å²) in [6.45, 7) is 4.12. The fourth-order valence-corrected chi connectivity index (χ4v) is 4.56. The minimum Gasteiger partial charge on any atom is -0.508 e. The molecule has 25 heavy (non-hydrogen) atoms. The third-order valence-corrected chi connectivity index (χ3v) is 5.77. The quantitative estimate of drug-likeness (QED) is 0.743. The van der Waals surface area contributed by atoms with Gasteiger partial charge >= 0.3 is 0 Å². The Labute approximate surface area is 148 Å². The highest BCUT2D eigenvalue weighted by atomic mass is 16.3. The molecule has 1 heterocycles. The van der Waals surface area contributed by atoms with Crippen molar-refractivity contribution in [3.63, 3.8) is 0 Å². The van der Waals surface area contributed by atoms with E-state index in [4.69, 9.17) is 0 Å². The molecule has 2 aromatic rings. The Balaban J connectivity index is 1.84. The summed E-state index contributed by atoms with van der Waals surface area (Å²) < 4.78 is 0. The van der Waals surface area contributed by atoms with Gasteiger partial charge in [0.05, 0.1) is 0 Å². The van der Waals surface area contributed by atoms with E-state index in [9.17, 15) is 15.3 Å². The fourth-order valence-electron chi connectivity index (χ4n) is 4.56. The van der Waals surface area contributed by atoms with Gasteiger partial charge in [-0.1, -0.05) is 19.4 Å². The van der Waals surface area contributed by atoms with E-state index in [-0.39, 0.29) is 17.4 Å². The lowest BCUT2D eigenvalue weighted by atomic mass is 9.71. The molecule has 2 atom stereocenters. The molecule has 0 bridgehead atoms. The number of phenols is 3. The normalized spacial score (nSPS) is 22.1. The highest BCUT2D eigenvalue weighted by molar-refractivity contribution is 5.54. The smallest absolute Gasteiger partial charge is 0.157 e. The van der Waals surface area contributed by atoms with E-state index < -0.39 is 0 Å². The van der Waals surface area contributed by atoms with Gasteiger partial charge in [0.2, 0.25) is 0 Å². The van der Waals surface area contributed by atoms with Gasteiger partial charge in [0, 0.05) is 18.5 Å². The molecule has 2 aliphatic rings. The molecule has 4 nitrogen and oxygen atoms in total. The van der Waals surface area contributed by atoms with Gasteiger partial charge < -0.3 is 15.3 Å². The van der Waals surface area contributed by atoms with E-state index in [1.165, 1.54) is 5.56 Å². The summed E-state index contributed by atoms with van der Waals surface area (Å²) in [4.78, 5) is 2.53. The van der Waals surface area contributed by atoms with Crippen LogP contribution in [0.4, 0.5) is 0 Å². The highest BCUT2D eigenvalue weighted by Gasteiger charge is 2.39. The molecule has 0 unspecified atom stereocenters. The second-order valence-electron chi connectivity index (χ2n) is 7.33. The lowest BCUT2D eigenvalue weighted by Gasteiger charge is -2.46. The molecule has 3 N–H and O–H groups in total. The molecule has 0 saturated carbocycles. The first-order valence-electron chi connectivity index (χ1n) is 9.19. The first kappa shape index (κ1) is 16.3. The number of aryl methyl sites for hydroxylation is 1. The molecular formula is C21H25NO3. The van der Waals surface area contributed by atoms with E-state index in [0.29, 0.717) is 11.8 Å². The number of nitrogens with zero attached hydrogens (tertiary/aromatic N) is 1. The van der Waals surface area contributed by atoms with Crippen LogP contribution in [0, 0.1) is 0 Å². The predicted molar refractivity (Wildman–Crippen MR) is 97.1 cm³/mol. The molecule has 0 amide bonds. The van der Waals surface area contributed by atoms with E-state index in [1.54, 1.807) is 18.2 Å². The molecule has 4 rings (SSSR count). The van der Waals surface area contributed by atoms with Crippen LogP contribution in [0.25, 0.3) is 0 Å². The summed E-state index contributed by atoms with van der Waals surface area (Å²) in [5.74, 6) is 0.390. The van der Waals surface area contributed by atoms with E-state index in [0.717, 1.165) is 55.5 Å². The molecule has 1 aliphatic heterocycles. The molecule has 0 fully saturated rings. The van der Waals surface area contributed by atoms with Crippen LogP contribution in [0.1, 0.15) is 54.4 Å². The zero-order valence-electron chi connectivity index (χ0n) is 14.6. The average Bonchev–Trinajstić information content (AvgIpc) is 2.60. The predicted octanol–water partition coefficient (Wildman–Crippen LogP) is 3.87. The highest BCUT2D eigenvalue weighted by Crippen LogP contribution is 2.47. The molecular weight excluding hydrogens is 314 g/mol. The number of hydrogen-bond acceptors (Lipinski definition) is 4. The largest absolute Gasteiger partial charge is 0.508 e. The monoisotopic (exact) mass is 339 g/mol. The van der Waals surface area contributed by atoms with E-state index in [2.05, 4.69) is 11.8 Å². The van der Waals surface area contributed by atoms with Crippen molar-refractivity contribution in [1.29, 1.82) is 0 Å². The fraction of sp³-hybridized carbons (Fsp3) is 0.429. The van der Waals surface area contributed by atoms with Crippen LogP contribution in [-0.4, -0.2) is 32.8 Å². The molecule has 0 spiro atoms. The van der Waals surface area contributed by atoms with Gasteiger partial charge in [-0.3, -0.25) is 4.90 Å². The van der Waals surface area contributed by atoms with Gasteiger partial charge in [0.1, 0.15) is 5.75 Å². The number of fused-ring (bicyclic) bond motifs is 5. The van der Waals surface area contributed by atoms with Gasteiger partial charge in [-0.15, -0.1) is 0 Å². The molecule has 1 aliphatic carbocycles. The lowest BCUT2D eigenvalue weighted by Crippen LogP contribution is -2.46. The Morgan fingerprint density at radius 2 is 1.80 bits per heavy atom. The Kier molecular flexibility index (Phi) is 4.08. The Morgan fingerprint density at radius 1 is 1.00 bits per heavy atom. The van der Waals surface area contributed by atoms with Crippen molar-refractivity contribution in [2.45, 2.75) is 51.1 Å². The second kappa shape index (κ2) is 6.26. The van der Waals surface area contributed by atoms with Crippen molar-refractivity contribution in [2.24, 2.45) is 0 Å². The lowest BCUT2D eigenvalue weighted by molar-refractivity contribution is 0.139. The van der Waals surface area contributed by atoms with Gasteiger partial charge in [-0.25, -0.2) is 0 Å². The van der Waals surface area contributed by atoms with E-state index >= 15 is 0 Å². The Morgan fingerprint density at radius 3 is 2.60 bits per heavy atom. The van der Waals surface area contributed by atoms with Crippen LogP contribution in [0.3, 0.4) is 0 Å². The summed E-state index contributed by atoms with van der Waals surface area (Å²) in [6.07, 6.45) is 4.28.